The van der Waals surface area contributed by atoms with Crippen molar-refractivity contribution in [2.75, 3.05) is 11.5 Å². The van der Waals surface area contributed by atoms with E-state index in [0.717, 1.165) is 10.6 Å². The van der Waals surface area contributed by atoms with Crippen LogP contribution < -0.4 is 5.73 Å². The van der Waals surface area contributed by atoms with E-state index in [0.29, 0.717) is 10.8 Å². The molecule has 0 aliphatic rings. The van der Waals surface area contributed by atoms with Gasteiger partial charge in [0.1, 0.15) is 0 Å². The van der Waals surface area contributed by atoms with Gasteiger partial charge in [0.25, 0.3) is 0 Å². The molecule has 0 heterocycles. The lowest BCUT2D eigenvalue weighted by Gasteiger charge is -2.05. The van der Waals surface area contributed by atoms with Gasteiger partial charge in [0.15, 0.2) is 0 Å². The van der Waals surface area contributed by atoms with Crippen LogP contribution in [-0.2, 0) is 0 Å². The highest BCUT2D eigenvalue weighted by Gasteiger charge is 2.00. The average molecular weight is 214 g/mol. The predicted octanol–water partition coefficient (Wildman–Crippen LogP) is 3.42. The van der Waals surface area contributed by atoms with Crippen LogP contribution in [0.1, 0.15) is 5.56 Å². The van der Waals surface area contributed by atoms with Crippen LogP contribution in [0.5, 0.6) is 0 Å². The van der Waals surface area contributed by atoms with Gasteiger partial charge in [-0.3, -0.25) is 0 Å². The van der Waals surface area contributed by atoms with Crippen LogP contribution in [-0.4, -0.2) is 5.75 Å². The zero-order chi connectivity index (χ0) is 9.84. The monoisotopic (exact) mass is 213 g/mol. The summed E-state index contributed by atoms with van der Waals surface area (Å²) in [4.78, 5) is 1.07. The SMILES string of the molecule is C=C(Cl)CSc1cc(C)ccc1N. The van der Waals surface area contributed by atoms with Gasteiger partial charge in [0.05, 0.1) is 0 Å². The summed E-state index contributed by atoms with van der Waals surface area (Å²) in [5.74, 6) is 0.704. The van der Waals surface area contributed by atoms with E-state index in [1.54, 1.807) is 11.8 Å². The molecular formula is C10H12ClNS. The van der Waals surface area contributed by atoms with Crippen molar-refractivity contribution in [3.8, 4) is 0 Å². The van der Waals surface area contributed by atoms with Crippen molar-refractivity contribution in [1.29, 1.82) is 0 Å². The fourth-order valence-corrected chi connectivity index (χ4v) is 1.90. The van der Waals surface area contributed by atoms with Gasteiger partial charge in [-0.2, -0.15) is 0 Å². The number of hydrogen-bond donors (Lipinski definition) is 1. The second kappa shape index (κ2) is 4.58. The minimum absolute atomic E-state index is 0.644. The summed E-state index contributed by atoms with van der Waals surface area (Å²) in [5.41, 5.74) is 7.79. The Morgan fingerprint density at radius 1 is 1.62 bits per heavy atom. The Morgan fingerprint density at radius 3 is 2.92 bits per heavy atom. The normalized spacial score (nSPS) is 10.0. The molecule has 0 fully saturated rings. The highest BCUT2D eigenvalue weighted by molar-refractivity contribution is 7.99. The maximum absolute atomic E-state index is 5.78. The summed E-state index contributed by atoms with van der Waals surface area (Å²) in [5, 5.41) is 0.644. The van der Waals surface area contributed by atoms with Crippen LogP contribution in [0.2, 0.25) is 0 Å². The van der Waals surface area contributed by atoms with Gasteiger partial charge in [0.2, 0.25) is 0 Å². The van der Waals surface area contributed by atoms with Crippen molar-refractivity contribution >= 4 is 29.1 Å². The van der Waals surface area contributed by atoms with Crippen molar-refractivity contribution in [3.63, 3.8) is 0 Å². The molecule has 0 unspecified atom stereocenters. The number of nitrogens with two attached hydrogens (primary N) is 1. The number of halogens is 1. The topological polar surface area (TPSA) is 26.0 Å². The minimum Gasteiger partial charge on any atom is -0.398 e. The maximum Gasteiger partial charge on any atom is 0.0452 e. The second-order valence-corrected chi connectivity index (χ2v) is 4.40. The molecule has 0 aromatic heterocycles. The van der Waals surface area contributed by atoms with Crippen LogP contribution >= 0.6 is 23.4 Å². The first kappa shape index (κ1) is 10.5. The van der Waals surface area contributed by atoms with Crippen LogP contribution in [0.4, 0.5) is 5.69 Å². The Kier molecular flexibility index (Phi) is 3.70. The Labute approximate surface area is 88.0 Å². The average Bonchev–Trinajstić information content (AvgIpc) is 2.06. The van der Waals surface area contributed by atoms with Crippen molar-refractivity contribution in [2.45, 2.75) is 11.8 Å². The summed E-state index contributed by atoms with van der Waals surface area (Å²) in [6.45, 7) is 5.67. The van der Waals surface area contributed by atoms with Gasteiger partial charge in [-0.25, -0.2) is 0 Å². The fourth-order valence-electron chi connectivity index (χ4n) is 0.923. The van der Waals surface area contributed by atoms with Crippen LogP contribution in [0.15, 0.2) is 34.7 Å². The molecule has 70 valence electrons. The van der Waals surface area contributed by atoms with E-state index in [1.165, 1.54) is 5.56 Å². The number of anilines is 1. The van der Waals surface area contributed by atoms with Crippen LogP contribution in [0.25, 0.3) is 0 Å². The summed E-state index contributed by atoms with van der Waals surface area (Å²) < 4.78 is 0. The molecule has 0 radical (unpaired) electrons. The van der Waals surface area contributed by atoms with Gasteiger partial charge < -0.3 is 5.73 Å². The molecule has 0 spiro atoms. The van der Waals surface area contributed by atoms with Gasteiger partial charge in [-0.1, -0.05) is 24.2 Å². The third-order valence-electron chi connectivity index (χ3n) is 1.55. The van der Waals surface area contributed by atoms with Crippen LogP contribution in [0.3, 0.4) is 0 Å². The standard InChI is InChI=1S/C10H12ClNS/c1-7-3-4-9(12)10(5-7)13-6-8(2)11/h3-5H,2,6,12H2,1H3. The molecular weight excluding hydrogens is 202 g/mol. The first-order chi connectivity index (χ1) is 6.09. The molecule has 0 bridgehead atoms. The number of nitrogen functional groups attached to an aromatic ring is 1. The molecule has 0 aliphatic carbocycles. The zero-order valence-corrected chi connectivity index (χ0v) is 9.08. The molecule has 0 aliphatic heterocycles. The van der Waals surface area contributed by atoms with Crippen molar-refractivity contribution in [3.05, 3.63) is 35.4 Å². The molecule has 0 atom stereocenters. The molecule has 0 saturated heterocycles. The predicted molar refractivity (Wildman–Crippen MR) is 61.3 cm³/mol. The van der Waals surface area contributed by atoms with Gasteiger partial charge in [0, 0.05) is 21.4 Å². The molecule has 3 heteroatoms. The number of hydrogen-bond acceptors (Lipinski definition) is 2. The van der Waals surface area contributed by atoms with Gasteiger partial charge >= 0.3 is 0 Å². The van der Waals surface area contributed by atoms with Crippen molar-refractivity contribution < 1.29 is 0 Å². The summed E-state index contributed by atoms with van der Waals surface area (Å²) >= 11 is 7.28. The molecule has 1 nitrogen and oxygen atoms in total. The number of thioether (sulfide) groups is 1. The zero-order valence-electron chi connectivity index (χ0n) is 7.51. The lowest BCUT2D eigenvalue weighted by atomic mass is 10.2. The Hall–Kier alpha value is -0.600. The van der Waals surface area contributed by atoms with E-state index >= 15 is 0 Å². The lowest BCUT2D eigenvalue weighted by molar-refractivity contribution is 1.36. The number of rotatable bonds is 3. The highest BCUT2D eigenvalue weighted by Crippen LogP contribution is 2.27. The molecule has 1 rings (SSSR count). The van der Waals surface area contributed by atoms with Crippen molar-refractivity contribution in [2.24, 2.45) is 0 Å². The van der Waals surface area contributed by atoms with Gasteiger partial charge in [-0.05, 0) is 24.6 Å². The van der Waals surface area contributed by atoms with Crippen molar-refractivity contribution in [1.82, 2.24) is 0 Å². The van der Waals surface area contributed by atoms with E-state index in [9.17, 15) is 0 Å². The highest BCUT2D eigenvalue weighted by atomic mass is 35.5. The Morgan fingerprint density at radius 2 is 2.31 bits per heavy atom. The number of aryl methyl sites for hydroxylation is 1. The smallest absolute Gasteiger partial charge is 0.0452 e. The molecule has 2 N–H and O–H groups in total. The quantitative estimate of drug-likeness (QED) is 0.615. The van der Waals surface area contributed by atoms with Crippen LogP contribution in [0, 0.1) is 6.92 Å². The Balaban J connectivity index is 2.75. The van der Waals surface area contributed by atoms with E-state index < -0.39 is 0 Å². The fraction of sp³-hybridized carbons (Fsp3) is 0.200. The third-order valence-corrected chi connectivity index (χ3v) is 3.00. The summed E-state index contributed by atoms with van der Waals surface area (Å²) in [6, 6.07) is 5.96. The second-order valence-electron chi connectivity index (χ2n) is 2.85. The third kappa shape index (κ3) is 3.33. The first-order valence-electron chi connectivity index (χ1n) is 3.92. The first-order valence-corrected chi connectivity index (χ1v) is 5.28. The largest absolute Gasteiger partial charge is 0.398 e. The van der Waals surface area contributed by atoms with Gasteiger partial charge in [-0.15, -0.1) is 11.8 Å². The molecule has 1 aromatic rings. The van der Waals surface area contributed by atoms with E-state index in [2.05, 4.69) is 12.6 Å². The minimum atomic E-state index is 0.644. The van der Waals surface area contributed by atoms with E-state index in [-0.39, 0.29) is 0 Å². The maximum atomic E-state index is 5.78. The molecule has 0 saturated carbocycles. The lowest BCUT2D eigenvalue weighted by Crippen LogP contribution is -1.89. The Bertz CT molecular complexity index is 323. The molecule has 0 amide bonds. The summed E-state index contributed by atoms with van der Waals surface area (Å²) in [7, 11) is 0. The van der Waals surface area contributed by atoms with E-state index in [1.807, 2.05) is 19.1 Å². The summed E-state index contributed by atoms with van der Waals surface area (Å²) in [6.07, 6.45) is 0. The molecule has 1 aromatic carbocycles. The molecule has 13 heavy (non-hydrogen) atoms. The van der Waals surface area contributed by atoms with E-state index in [4.69, 9.17) is 17.3 Å². The number of benzene rings is 1.